The van der Waals surface area contributed by atoms with Crippen LogP contribution in [0.3, 0.4) is 0 Å². The van der Waals surface area contributed by atoms with Crippen molar-refractivity contribution in [2.24, 2.45) is 0 Å². The third-order valence-electron chi connectivity index (χ3n) is 2.74. The Hall–Kier alpha value is -2.30. The highest BCUT2D eigenvalue weighted by Crippen LogP contribution is 2.19. The van der Waals surface area contributed by atoms with E-state index in [1.165, 1.54) is 6.20 Å². The molecule has 100 valence electrons. The van der Waals surface area contributed by atoms with E-state index in [4.69, 9.17) is 10.5 Å². The van der Waals surface area contributed by atoms with E-state index >= 15 is 0 Å². The summed E-state index contributed by atoms with van der Waals surface area (Å²) in [5, 5.41) is 4.08. The van der Waals surface area contributed by atoms with Gasteiger partial charge < -0.3 is 10.5 Å². The summed E-state index contributed by atoms with van der Waals surface area (Å²) >= 11 is 0. The molecular weight excluding hydrogens is 242 g/mol. The quantitative estimate of drug-likeness (QED) is 0.679. The van der Waals surface area contributed by atoms with Gasteiger partial charge in [-0.3, -0.25) is 4.68 Å². The highest BCUT2D eigenvalue weighted by molar-refractivity contribution is 5.94. The highest BCUT2D eigenvalue weighted by atomic mass is 16.5. The van der Waals surface area contributed by atoms with Gasteiger partial charge in [0.05, 0.1) is 11.9 Å². The fourth-order valence-corrected chi connectivity index (χ4v) is 1.74. The molecule has 1 aromatic heterocycles. The van der Waals surface area contributed by atoms with Crippen molar-refractivity contribution in [3.05, 3.63) is 41.7 Å². The molecule has 0 aliphatic rings. The SMILES string of the molecule is Cc1ccc(OC(=O)c2c(N)cnn2C(C)C)cc1. The fraction of sp³-hybridized carbons (Fsp3) is 0.286. The van der Waals surface area contributed by atoms with Crippen molar-refractivity contribution in [3.8, 4) is 5.75 Å². The summed E-state index contributed by atoms with van der Waals surface area (Å²) in [6.07, 6.45) is 1.46. The second-order valence-electron chi connectivity index (χ2n) is 4.69. The molecule has 0 radical (unpaired) electrons. The molecule has 0 spiro atoms. The van der Waals surface area contributed by atoms with Gasteiger partial charge in [-0.05, 0) is 32.9 Å². The van der Waals surface area contributed by atoms with Gasteiger partial charge in [-0.2, -0.15) is 5.10 Å². The molecule has 0 aliphatic heterocycles. The zero-order valence-corrected chi connectivity index (χ0v) is 11.3. The van der Waals surface area contributed by atoms with Gasteiger partial charge in [-0.1, -0.05) is 17.7 Å². The Labute approximate surface area is 112 Å². The number of esters is 1. The first-order valence-electron chi connectivity index (χ1n) is 6.11. The number of nitrogens with zero attached hydrogens (tertiary/aromatic N) is 2. The maximum absolute atomic E-state index is 12.1. The van der Waals surface area contributed by atoms with Crippen LogP contribution < -0.4 is 10.5 Å². The molecular formula is C14H17N3O2. The Morgan fingerprint density at radius 3 is 2.53 bits per heavy atom. The van der Waals surface area contributed by atoms with Crippen molar-refractivity contribution in [2.75, 3.05) is 5.73 Å². The van der Waals surface area contributed by atoms with Crippen LogP contribution in [0, 0.1) is 6.92 Å². The van der Waals surface area contributed by atoms with E-state index in [1.54, 1.807) is 16.8 Å². The van der Waals surface area contributed by atoms with Crippen LogP contribution in [0.2, 0.25) is 0 Å². The van der Waals surface area contributed by atoms with Crippen LogP contribution in [0.4, 0.5) is 5.69 Å². The summed E-state index contributed by atoms with van der Waals surface area (Å²) in [6.45, 7) is 5.82. The summed E-state index contributed by atoms with van der Waals surface area (Å²) < 4.78 is 6.87. The van der Waals surface area contributed by atoms with Gasteiger partial charge in [0.1, 0.15) is 5.75 Å². The molecule has 2 aromatic rings. The van der Waals surface area contributed by atoms with E-state index in [2.05, 4.69) is 5.10 Å². The molecule has 0 fully saturated rings. The maximum atomic E-state index is 12.1. The normalized spacial score (nSPS) is 10.7. The van der Waals surface area contributed by atoms with Gasteiger partial charge in [-0.25, -0.2) is 4.79 Å². The minimum Gasteiger partial charge on any atom is -0.422 e. The van der Waals surface area contributed by atoms with Gasteiger partial charge in [-0.15, -0.1) is 0 Å². The van der Waals surface area contributed by atoms with Crippen LogP contribution in [-0.2, 0) is 0 Å². The number of aryl methyl sites for hydroxylation is 1. The summed E-state index contributed by atoms with van der Waals surface area (Å²) in [7, 11) is 0. The molecule has 5 nitrogen and oxygen atoms in total. The minimum absolute atomic E-state index is 0.0397. The van der Waals surface area contributed by atoms with E-state index < -0.39 is 5.97 Å². The number of ether oxygens (including phenoxy) is 1. The van der Waals surface area contributed by atoms with Crippen LogP contribution in [-0.4, -0.2) is 15.7 Å². The molecule has 0 aliphatic carbocycles. The molecule has 0 saturated carbocycles. The smallest absolute Gasteiger partial charge is 0.364 e. The number of carbonyl (C=O) groups is 1. The number of hydrogen-bond donors (Lipinski definition) is 1. The van der Waals surface area contributed by atoms with Crippen molar-refractivity contribution < 1.29 is 9.53 Å². The topological polar surface area (TPSA) is 70.1 Å². The summed E-state index contributed by atoms with van der Waals surface area (Å²) in [4.78, 5) is 12.1. The zero-order chi connectivity index (χ0) is 14.0. The van der Waals surface area contributed by atoms with Gasteiger partial charge in [0.2, 0.25) is 0 Å². The molecule has 1 aromatic carbocycles. The Kier molecular flexibility index (Phi) is 3.55. The number of hydrogen-bond acceptors (Lipinski definition) is 4. The van der Waals surface area contributed by atoms with E-state index in [0.717, 1.165) is 5.56 Å². The number of carbonyl (C=O) groups excluding carboxylic acids is 1. The van der Waals surface area contributed by atoms with Crippen LogP contribution >= 0.6 is 0 Å². The van der Waals surface area contributed by atoms with Gasteiger partial charge in [0.25, 0.3) is 0 Å². The lowest BCUT2D eigenvalue weighted by molar-refractivity contribution is 0.0720. The first kappa shape index (κ1) is 13.1. The van der Waals surface area contributed by atoms with Crippen molar-refractivity contribution >= 4 is 11.7 Å². The van der Waals surface area contributed by atoms with Crippen molar-refractivity contribution in [2.45, 2.75) is 26.8 Å². The lowest BCUT2D eigenvalue weighted by Gasteiger charge is -2.11. The lowest BCUT2D eigenvalue weighted by Crippen LogP contribution is -2.18. The first-order valence-corrected chi connectivity index (χ1v) is 6.11. The van der Waals surface area contributed by atoms with Crippen LogP contribution in [0.5, 0.6) is 5.75 Å². The van der Waals surface area contributed by atoms with Gasteiger partial charge in [0, 0.05) is 6.04 Å². The second kappa shape index (κ2) is 5.14. The predicted molar refractivity (Wildman–Crippen MR) is 73.2 cm³/mol. The van der Waals surface area contributed by atoms with E-state index in [0.29, 0.717) is 11.4 Å². The number of aromatic nitrogens is 2. The Morgan fingerprint density at radius 2 is 1.95 bits per heavy atom. The standard InChI is InChI=1S/C14H17N3O2/c1-9(2)17-13(12(15)8-16-17)14(18)19-11-6-4-10(3)5-7-11/h4-9H,15H2,1-3H3. The Bertz CT molecular complexity index is 585. The van der Waals surface area contributed by atoms with E-state index in [9.17, 15) is 4.79 Å². The first-order chi connectivity index (χ1) is 8.99. The third-order valence-corrected chi connectivity index (χ3v) is 2.74. The molecule has 19 heavy (non-hydrogen) atoms. The predicted octanol–water partition coefficient (Wildman–Crippen LogP) is 2.57. The lowest BCUT2D eigenvalue weighted by atomic mass is 10.2. The van der Waals surface area contributed by atoms with E-state index in [1.807, 2.05) is 32.9 Å². The summed E-state index contributed by atoms with van der Waals surface area (Å²) in [6, 6.07) is 7.30. The van der Waals surface area contributed by atoms with Crippen LogP contribution in [0.1, 0.15) is 35.9 Å². The molecule has 0 bridgehead atoms. The molecule has 0 unspecified atom stereocenters. The molecule has 0 saturated heterocycles. The third kappa shape index (κ3) is 2.76. The molecule has 2 N–H and O–H groups in total. The number of anilines is 1. The zero-order valence-electron chi connectivity index (χ0n) is 11.3. The molecule has 0 atom stereocenters. The number of nitrogen functional groups attached to an aromatic ring is 1. The maximum Gasteiger partial charge on any atom is 0.364 e. The monoisotopic (exact) mass is 259 g/mol. The number of rotatable bonds is 3. The van der Waals surface area contributed by atoms with Crippen LogP contribution in [0.25, 0.3) is 0 Å². The summed E-state index contributed by atoms with van der Waals surface area (Å²) in [5.74, 6) is -0.000871. The fourth-order valence-electron chi connectivity index (χ4n) is 1.74. The number of nitrogens with two attached hydrogens (primary N) is 1. The van der Waals surface area contributed by atoms with E-state index in [-0.39, 0.29) is 11.7 Å². The number of benzene rings is 1. The molecule has 1 heterocycles. The second-order valence-corrected chi connectivity index (χ2v) is 4.69. The van der Waals surface area contributed by atoms with Crippen molar-refractivity contribution in [3.63, 3.8) is 0 Å². The van der Waals surface area contributed by atoms with Crippen molar-refractivity contribution in [1.29, 1.82) is 0 Å². The molecule has 5 heteroatoms. The highest BCUT2D eigenvalue weighted by Gasteiger charge is 2.20. The van der Waals surface area contributed by atoms with Crippen molar-refractivity contribution in [1.82, 2.24) is 9.78 Å². The summed E-state index contributed by atoms with van der Waals surface area (Å²) in [5.41, 5.74) is 7.49. The average Bonchev–Trinajstić information content (AvgIpc) is 2.74. The molecule has 2 rings (SSSR count). The Balaban J connectivity index is 2.25. The van der Waals surface area contributed by atoms with Crippen LogP contribution in [0.15, 0.2) is 30.5 Å². The Morgan fingerprint density at radius 1 is 1.32 bits per heavy atom. The van der Waals surface area contributed by atoms with Gasteiger partial charge in [0.15, 0.2) is 5.69 Å². The minimum atomic E-state index is -0.493. The largest absolute Gasteiger partial charge is 0.422 e. The average molecular weight is 259 g/mol. The van der Waals surface area contributed by atoms with Gasteiger partial charge >= 0.3 is 5.97 Å². The molecule has 0 amide bonds.